The molecule has 1 aliphatic carbocycles. The second kappa shape index (κ2) is 12.6. The quantitative estimate of drug-likeness (QED) is 0.569. The van der Waals surface area contributed by atoms with Crippen LogP contribution in [0.2, 0.25) is 5.02 Å². The minimum Gasteiger partial charge on any atom is -0.308 e. The van der Waals surface area contributed by atoms with Crippen molar-refractivity contribution in [3.8, 4) is 0 Å². The first-order chi connectivity index (χ1) is 12.2. The highest BCUT2D eigenvalue weighted by Gasteiger charge is 2.24. The Kier molecular flexibility index (Phi) is 11.4. The third-order valence-corrected chi connectivity index (χ3v) is 5.50. The molecule has 0 aliphatic heterocycles. The Morgan fingerprint density at radius 3 is 1.59 bits per heavy atom. The van der Waals surface area contributed by atoms with E-state index in [1.165, 1.54) is 42.4 Å². The summed E-state index contributed by atoms with van der Waals surface area (Å²) in [5, 5.41) is 8.34. The molecule has 2 aromatic rings. The first-order valence-electron chi connectivity index (χ1n) is 9.53. The van der Waals surface area contributed by atoms with Gasteiger partial charge in [0.25, 0.3) is 0 Å². The molecule has 150 valence electrons. The molecule has 0 aromatic heterocycles. The Labute approximate surface area is 181 Å². The van der Waals surface area contributed by atoms with Gasteiger partial charge in [0.2, 0.25) is 0 Å². The second-order valence-corrected chi connectivity index (χ2v) is 7.49. The van der Waals surface area contributed by atoms with Crippen molar-refractivity contribution in [1.82, 2.24) is 10.6 Å². The van der Waals surface area contributed by atoms with Gasteiger partial charge in [-0.1, -0.05) is 67.8 Å². The number of rotatable bonds is 7. The zero-order chi connectivity index (χ0) is 17.5. The smallest absolute Gasteiger partial charge is 0.0406 e. The van der Waals surface area contributed by atoms with Crippen LogP contribution in [-0.2, 0) is 19.5 Å². The van der Waals surface area contributed by atoms with Crippen molar-refractivity contribution < 1.29 is 0 Å². The third-order valence-electron chi connectivity index (χ3n) is 5.25. The lowest BCUT2D eigenvalue weighted by atomic mass is 9.90. The molecular weight excluding hydrogens is 399 g/mol. The summed E-state index contributed by atoms with van der Waals surface area (Å²) in [5.74, 6) is 0. The van der Waals surface area contributed by atoms with E-state index in [9.17, 15) is 0 Å². The first kappa shape index (κ1) is 24.3. The largest absolute Gasteiger partial charge is 0.308 e. The molecule has 2 N–H and O–H groups in total. The molecule has 0 radical (unpaired) electrons. The van der Waals surface area contributed by atoms with Crippen LogP contribution in [0.3, 0.4) is 0 Å². The van der Waals surface area contributed by atoms with Crippen LogP contribution >= 0.6 is 36.4 Å². The lowest BCUT2D eigenvalue weighted by Crippen LogP contribution is -2.49. The first-order valence-corrected chi connectivity index (χ1v) is 9.91. The molecule has 27 heavy (non-hydrogen) atoms. The lowest BCUT2D eigenvalue weighted by Gasteiger charge is -2.33. The van der Waals surface area contributed by atoms with Crippen molar-refractivity contribution in [2.45, 2.75) is 64.2 Å². The van der Waals surface area contributed by atoms with Gasteiger partial charge in [-0.25, -0.2) is 0 Å². The van der Waals surface area contributed by atoms with E-state index in [0.29, 0.717) is 12.1 Å². The van der Waals surface area contributed by atoms with Crippen LogP contribution in [-0.4, -0.2) is 12.1 Å². The van der Waals surface area contributed by atoms with E-state index in [1.807, 2.05) is 12.1 Å². The Balaban J connectivity index is 0.00000182. The summed E-state index contributed by atoms with van der Waals surface area (Å²) in [5.41, 5.74) is 4.08. The summed E-state index contributed by atoms with van der Waals surface area (Å²) < 4.78 is 0. The average molecular weight is 430 g/mol. The van der Waals surface area contributed by atoms with E-state index >= 15 is 0 Å². The maximum absolute atomic E-state index is 5.97. The summed E-state index contributed by atoms with van der Waals surface area (Å²) in [6, 6.07) is 18.2. The van der Waals surface area contributed by atoms with Gasteiger partial charge >= 0.3 is 0 Å². The Bertz CT molecular complexity index is 644. The minimum absolute atomic E-state index is 0. The van der Waals surface area contributed by atoms with Gasteiger partial charge in [0.1, 0.15) is 0 Å². The van der Waals surface area contributed by atoms with Gasteiger partial charge in [-0.05, 0) is 48.1 Å². The molecule has 0 bridgehead atoms. The Hall–Kier alpha value is -0.770. The van der Waals surface area contributed by atoms with Gasteiger partial charge < -0.3 is 10.6 Å². The zero-order valence-corrected chi connectivity index (χ0v) is 18.3. The molecule has 2 unspecified atom stereocenters. The number of hydrogen-bond acceptors (Lipinski definition) is 2. The van der Waals surface area contributed by atoms with Gasteiger partial charge in [-0.3, -0.25) is 0 Å². The maximum atomic E-state index is 5.97. The monoisotopic (exact) mass is 428 g/mol. The van der Waals surface area contributed by atoms with Crippen LogP contribution in [0.4, 0.5) is 0 Å². The van der Waals surface area contributed by atoms with Crippen molar-refractivity contribution in [1.29, 1.82) is 0 Å². The van der Waals surface area contributed by atoms with E-state index in [2.05, 4.69) is 54.0 Å². The highest BCUT2D eigenvalue weighted by Crippen LogP contribution is 2.20. The van der Waals surface area contributed by atoms with E-state index in [4.69, 9.17) is 11.6 Å². The summed E-state index contributed by atoms with van der Waals surface area (Å²) in [6.45, 7) is 4.06. The van der Waals surface area contributed by atoms with Crippen LogP contribution in [0, 0.1) is 0 Å². The molecular formula is C22H31Cl3N2. The summed E-state index contributed by atoms with van der Waals surface area (Å²) >= 11 is 5.97. The van der Waals surface area contributed by atoms with Crippen molar-refractivity contribution in [3.05, 3.63) is 70.2 Å². The summed E-state index contributed by atoms with van der Waals surface area (Å²) in [4.78, 5) is 0. The molecule has 2 atom stereocenters. The number of hydrogen-bond donors (Lipinski definition) is 2. The molecule has 1 fully saturated rings. The third kappa shape index (κ3) is 7.63. The van der Waals surface area contributed by atoms with Crippen LogP contribution in [0.5, 0.6) is 0 Å². The molecule has 5 heteroatoms. The van der Waals surface area contributed by atoms with Crippen molar-refractivity contribution >= 4 is 36.4 Å². The predicted molar refractivity (Wildman–Crippen MR) is 121 cm³/mol. The van der Waals surface area contributed by atoms with Gasteiger partial charge in [0, 0.05) is 30.2 Å². The van der Waals surface area contributed by atoms with Crippen LogP contribution in [0.25, 0.3) is 0 Å². The predicted octanol–water partition coefficient (Wildman–Crippen LogP) is 5.94. The maximum Gasteiger partial charge on any atom is 0.0406 e. The normalized spacial score (nSPS) is 19.0. The van der Waals surface area contributed by atoms with Gasteiger partial charge in [0.05, 0.1) is 0 Å². The summed E-state index contributed by atoms with van der Waals surface area (Å²) in [7, 11) is 0. The van der Waals surface area contributed by atoms with E-state index in [-0.39, 0.29) is 24.8 Å². The fourth-order valence-corrected chi connectivity index (χ4v) is 3.74. The van der Waals surface area contributed by atoms with Crippen LogP contribution < -0.4 is 10.6 Å². The minimum atomic E-state index is 0. The number of benzene rings is 2. The number of nitrogens with one attached hydrogen (secondary N) is 2. The molecule has 3 rings (SSSR count). The molecule has 0 spiro atoms. The van der Waals surface area contributed by atoms with Crippen LogP contribution in [0.1, 0.15) is 49.3 Å². The lowest BCUT2D eigenvalue weighted by molar-refractivity contribution is 0.281. The Morgan fingerprint density at radius 1 is 0.741 bits per heavy atom. The summed E-state index contributed by atoms with van der Waals surface area (Å²) in [6.07, 6.45) is 6.26. The molecule has 0 heterocycles. The van der Waals surface area contributed by atoms with Crippen LogP contribution in [0.15, 0.2) is 48.5 Å². The number of aryl methyl sites for hydroxylation is 1. The number of halogens is 3. The molecule has 2 nitrogen and oxygen atoms in total. The molecule has 0 amide bonds. The van der Waals surface area contributed by atoms with Gasteiger partial charge in [-0.2, -0.15) is 0 Å². The van der Waals surface area contributed by atoms with Crippen molar-refractivity contribution in [2.24, 2.45) is 0 Å². The fourth-order valence-electron chi connectivity index (χ4n) is 3.61. The zero-order valence-electron chi connectivity index (χ0n) is 15.9. The SMILES string of the molecule is CCc1ccc(CNC2CCCCC2NCc2ccc(Cl)cc2)cc1.Cl.Cl. The van der Waals surface area contributed by atoms with Gasteiger partial charge in [-0.15, -0.1) is 24.8 Å². The highest BCUT2D eigenvalue weighted by molar-refractivity contribution is 6.30. The highest BCUT2D eigenvalue weighted by atomic mass is 35.5. The van der Waals surface area contributed by atoms with Crippen molar-refractivity contribution in [2.75, 3.05) is 0 Å². The molecule has 2 aromatic carbocycles. The average Bonchev–Trinajstić information content (AvgIpc) is 2.67. The van der Waals surface area contributed by atoms with E-state index in [1.54, 1.807) is 0 Å². The Morgan fingerprint density at radius 2 is 1.15 bits per heavy atom. The van der Waals surface area contributed by atoms with E-state index < -0.39 is 0 Å². The molecule has 1 saturated carbocycles. The van der Waals surface area contributed by atoms with Gasteiger partial charge in [0.15, 0.2) is 0 Å². The van der Waals surface area contributed by atoms with Crippen molar-refractivity contribution in [3.63, 3.8) is 0 Å². The molecule has 1 aliphatic rings. The standard InChI is InChI=1S/C22H29ClN2.2ClH/c1-2-17-7-9-18(10-8-17)15-24-21-5-3-4-6-22(21)25-16-19-11-13-20(23)14-12-19;;/h7-14,21-22,24-25H,2-6,15-16H2,1H3;2*1H. The second-order valence-electron chi connectivity index (χ2n) is 7.06. The fraction of sp³-hybridized carbons (Fsp3) is 0.455. The molecule has 0 saturated heterocycles. The topological polar surface area (TPSA) is 24.1 Å². The van der Waals surface area contributed by atoms with E-state index in [0.717, 1.165) is 24.5 Å².